The molecular formula is C15H25NO3. The zero-order valence-electron chi connectivity index (χ0n) is 12.4. The van der Waals surface area contributed by atoms with Gasteiger partial charge in [0.1, 0.15) is 5.75 Å². The Morgan fingerprint density at radius 3 is 2.53 bits per heavy atom. The number of rotatable bonds is 8. The maximum absolute atomic E-state index is 5.66. The summed E-state index contributed by atoms with van der Waals surface area (Å²) in [5, 5.41) is 0. The number of ether oxygens (including phenoxy) is 3. The summed E-state index contributed by atoms with van der Waals surface area (Å²) in [5.74, 6) is 0.820. The van der Waals surface area contributed by atoms with E-state index in [1.807, 2.05) is 18.2 Å². The van der Waals surface area contributed by atoms with Gasteiger partial charge in [0.2, 0.25) is 0 Å². The first-order chi connectivity index (χ1) is 9.02. The van der Waals surface area contributed by atoms with E-state index in [0.29, 0.717) is 19.8 Å². The molecule has 0 aliphatic carbocycles. The first kappa shape index (κ1) is 16.0. The predicted molar refractivity (Wildman–Crippen MR) is 76.2 cm³/mol. The maximum Gasteiger partial charge on any atom is 0.123 e. The molecule has 0 heterocycles. The second kappa shape index (κ2) is 7.48. The summed E-state index contributed by atoms with van der Waals surface area (Å²) in [7, 11) is 3.37. The molecule has 2 N–H and O–H groups in total. The van der Waals surface area contributed by atoms with Crippen molar-refractivity contribution in [3.05, 3.63) is 29.3 Å². The Morgan fingerprint density at radius 1 is 1.21 bits per heavy atom. The average molecular weight is 267 g/mol. The normalized spacial score (nSPS) is 11.6. The van der Waals surface area contributed by atoms with Gasteiger partial charge in [0.25, 0.3) is 0 Å². The largest absolute Gasteiger partial charge is 0.496 e. The molecule has 0 unspecified atom stereocenters. The zero-order chi connectivity index (χ0) is 14.3. The first-order valence-corrected chi connectivity index (χ1v) is 6.51. The van der Waals surface area contributed by atoms with Gasteiger partial charge in [0.15, 0.2) is 0 Å². The van der Waals surface area contributed by atoms with Crippen LogP contribution in [0, 0.1) is 0 Å². The summed E-state index contributed by atoms with van der Waals surface area (Å²) >= 11 is 0. The number of hydrogen-bond acceptors (Lipinski definition) is 4. The monoisotopic (exact) mass is 267 g/mol. The van der Waals surface area contributed by atoms with Crippen molar-refractivity contribution >= 4 is 0 Å². The highest BCUT2D eigenvalue weighted by Gasteiger charge is 2.15. The average Bonchev–Trinajstić information content (AvgIpc) is 2.43. The second-order valence-corrected chi connectivity index (χ2v) is 5.12. The van der Waals surface area contributed by atoms with E-state index in [0.717, 1.165) is 23.3 Å². The highest BCUT2D eigenvalue weighted by Crippen LogP contribution is 2.20. The number of nitrogens with two attached hydrogens (primary N) is 1. The molecule has 0 amide bonds. The zero-order valence-corrected chi connectivity index (χ0v) is 12.4. The van der Waals surface area contributed by atoms with E-state index in [1.54, 1.807) is 14.2 Å². The summed E-state index contributed by atoms with van der Waals surface area (Å²) in [4.78, 5) is 0. The third kappa shape index (κ3) is 5.19. The van der Waals surface area contributed by atoms with Gasteiger partial charge in [-0.2, -0.15) is 0 Å². The van der Waals surface area contributed by atoms with Gasteiger partial charge in [-0.15, -0.1) is 0 Å². The van der Waals surface area contributed by atoms with Gasteiger partial charge in [-0.1, -0.05) is 12.1 Å². The van der Waals surface area contributed by atoms with Crippen LogP contribution >= 0.6 is 0 Å². The van der Waals surface area contributed by atoms with E-state index < -0.39 is 0 Å². The van der Waals surface area contributed by atoms with Crippen LogP contribution in [0.15, 0.2) is 18.2 Å². The number of benzene rings is 1. The van der Waals surface area contributed by atoms with Crippen LogP contribution in [0.25, 0.3) is 0 Å². The second-order valence-electron chi connectivity index (χ2n) is 5.12. The third-order valence-corrected chi connectivity index (χ3v) is 3.24. The van der Waals surface area contributed by atoms with E-state index in [-0.39, 0.29) is 5.60 Å². The molecule has 0 saturated heterocycles. The lowest BCUT2D eigenvalue weighted by molar-refractivity contribution is -0.0124. The summed E-state index contributed by atoms with van der Waals surface area (Å²) in [5.41, 5.74) is 7.59. The molecule has 1 rings (SSSR count). The van der Waals surface area contributed by atoms with E-state index in [1.165, 1.54) is 0 Å². The van der Waals surface area contributed by atoms with Crippen LogP contribution in [0.3, 0.4) is 0 Å². The molecular weight excluding hydrogens is 242 g/mol. The molecule has 19 heavy (non-hydrogen) atoms. The summed E-state index contributed by atoms with van der Waals surface area (Å²) in [6.45, 7) is 5.82. The molecule has 4 heteroatoms. The van der Waals surface area contributed by atoms with Crippen LogP contribution in [0.2, 0.25) is 0 Å². The van der Waals surface area contributed by atoms with Crippen molar-refractivity contribution in [2.24, 2.45) is 5.73 Å². The highest BCUT2D eigenvalue weighted by molar-refractivity contribution is 5.37. The van der Waals surface area contributed by atoms with Gasteiger partial charge < -0.3 is 19.9 Å². The van der Waals surface area contributed by atoms with Crippen molar-refractivity contribution in [2.45, 2.75) is 39.0 Å². The number of methoxy groups -OCH3 is 2. The Labute approximate surface area is 115 Å². The molecule has 108 valence electrons. The predicted octanol–water partition coefficient (Wildman–Crippen LogP) is 2.49. The van der Waals surface area contributed by atoms with Gasteiger partial charge in [-0.05, 0) is 31.9 Å². The summed E-state index contributed by atoms with van der Waals surface area (Å²) < 4.78 is 16.3. The van der Waals surface area contributed by atoms with Gasteiger partial charge >= 0.3 is 0 Å². The van der Waals surface area contributed by atoms with Crippen molar-refractivity contribution in [3.63, 3.8) is 0 Å². The molecule has 0 radical (unpaired) electrons. The Hall–Kier alpha value is -1.10. The molecule has 0 fully saturated rings. The minimum atomic E-state index is -0.138. The SMILES string of the molecule is COc1cc(COCCC(C)(C)OC)ccc1CN. The van der Waals surface area contributed by atoms with E-state index in [9.17, 15) is 0 Å². The molecule has 0 atom stereocenters. The van der Waals surface area contributed by atoms with Crippen LogP contribution in [0.4, 0.5) is 0 Å². The van der Waals surface area contributed by atoms with E-state index in [4.69, 9.17) is 19.9 Å². The Kier molecular flexibility index (Phi) is 6.28. The highest BCUT2D eigenvalue weighted by atomic mass is 16.5. The topological polar surface area (TPSA) is 53.7 Å². The summed E-state index contributed by atoms with van der Waals surface area (Å²) in [6.07, 6.45) is 0.863. The van der Waals surface area contributed by atoms with Crippen molar-refractivity contribution in [2.75, 3.05) is 20.8 Å². The van der Waals surface area contributed by atoms with Crippen molar-refractivity contribution < 1.29 is 14.2 Å². The standard InChI is InChI=1S/C15H25NO3/c1-15(2,18-4)7-8-19-11-12-5-6-13(10-16)14(9-12)17-3/h5-6,9H,7-8,10-11,16H2,1-4H3. The molecule has 0 aliphatic rings. The van der Waals surface area contributed by atoms with Crippen molar-refractivity contribution in [1.29, 1.82) is 0 Å². The van der Waals surface area contributed by atoms with Gasteiger partial charge in [0, 0.05) is 25.8 Å². The smallest absolute Gasteiger partial charge is 0.123 e. The minimum absolute atomic E-state index is 0.138. The molecule has 0 saturated carbocycles. The molecule has 0 bridgehead atoms. The first-order valence-electron chi connectivity index (χ1n) is 6.51. The lowest BCUT2D eigenvalue weighted by atomic mass is 10.1. The molecule has 0 aliphatic heterocycles. The summed E-state index contributed by atoms with van der Waals surface area (Å²) in [6, 6.07) is 5.98. The molecule has 1 aromatic rings. The lowest BCUT2D eigenvalue weighted by Gasteiger charge is -2.22. The fraction of sp³-hybridized carbons (Fsp3) is 0.600. The fourth-order valence-corrected chi connectivity index (χ4v) is 1.66. The van der Waals surface area contributed by atoms with E-state index >= 15 is 0 Å². The Morgan fingerprint density at radius 2 is 1.95 bits per heavy atom. The minimum Gasteiger partial charge on any atom is -0.496 e. The Bertz CT molecular complexity index is 391. The molecule has 4 nitrogen and oxygen atoms in total. The molecule has 0 aromatic heterocycles. The maximum atomic E-state index is 5.66. The van der Waals surface area contributed by atoms with Gasteiger partial charge in [-0.3, -0.25) is 0 Å². The fourth-order valence-electron chi connectivity index (χ4n) is 1.66. The van der Waals surface area contributed by atoms with Crippen LogP contribution in [-0.4, -0.2) is 26.4 Å². The van der Waals surface area contributed by atoms with Gasteiger partial charge in [-0.25, -0.2) is 0 Å². The third-order valence-electron chi connectivity index (χ3n) is 3.24. The van der Waals surface area contributed by atoms with Crippen LogP contribution in [0.1, 0.15) is 31.4 Å². The van der Waals surface area contributed by atoms with E-state index in [2.05, 4.69) is 13.8 Å². The van der Waals surface area contributed by atoms with Crippen LogP contribution in [0.5, 0.6) is 5.75 Å². The Balaban J connectivity index is 2.46. The molecule has 1 aromatic carbocycles. The number of hydrogen-bond donors (Lipinski definition) is 1. The quantitative estimate of drug-likeness (QED) is 0.735. The van der Waals surface area contributed by atoms with Gasteiger partial charge in [0.05, 0.1) is 19.3 Å². The van der Waals surface area contributed by atoms with Crippen molar-refractivity contribution in [3.8, 4) is 5.75 Å². The van der Waals surface area contributed by atoms with Crippen LogP contribution in [-0.2, 0) is 22.6 Å². The van der Waals surface area contributed by atoms with Crippen LogP contribution < -0.4 is 10.5 Å². The lowest BCUT2D eigenvalue weighted by Crippen LogP contribution is -2.24. The van der Waals surface area contributed by atoms with Crippen molar-refractivity contribution in [1.82, 2.24) is 0 Å². The molecule has 0 spiro atoms.